The van der Waals surface area contributed by atoms with Crippen LogP contribution >= 0.6 is 11.6 Å². The van der Waals surface area contributed by atoms with Gasteiger partial charge in [0, 0.05) is 31.0 Å². The highest BCUT2D eigenvalue weighted by molar-refractivity contribution is 6.29. The van der Waals surface area contributed by atoms with Crippen LogP contribution in [0.5, 0.6) is 0 Å². The lowest BCUT2D eigenvalue weighted by atomic mass is 10.3. The minimum absolute atomic E-state index is 0.359. The number of H-pyrrole nitrogens is 1. The fraction of sp³-hybridized carbons (Fsp3) is 0.364. The van der Waals surface area contributed by atoms with Gasteiger partial charge in [-0.2, -0.15) is 5.10 Å². The Morgan fingerprint density at radius 2 is 2.33 bits per heavy atom. The molecule has 6 nitrogen and oxygen atoms in total. The molecule has 0 saturated carbocycles. The van der Waals surface area contributed by atoms with E-state index in [9.17, 15) is 0 Å². The normalized spacial score (nSPS) is 10.6. The molecule has 2 aromatic heterocycles. The van der Waals surface area contributed by atoms with E-state index < -0.39 is 0 Å². The van der Waals surface area contributed by atoms with Crippen LogP contribution in [0.1, 0.15) is 18.3 Å². The molecule has 7 heteroatoms. The summed E-state index contributed by atoms with van der Waals surface area (Å²) < 4.78 is 5.25. The van der Waals surface area contributed by atoms with Crippen molar-refractivity contribution in [1.82, 2.24) is 20.2 Å². The molecule has 2 N–H and O–H groups in total. The molecule has 0 unspecified atom stereocenters. The van der Waals surface area contributed by atoms with E-state index in [1.807, 2.05) is 13.1 Å². The second-order valence-corrected chi connectivity index (χ2v) is 3.98. The SMILES string of the molecule is CCOCc1nc(Cl)cc(NCc2cn[nH]c2)n1. The van der Waals surface area contributed by atoms with E-state index in [1.165, 1.54) is 0 Å². The average Bonchev–Trinajstić information content (AvgIpc) is 2.86. The molecule has 2 aromatic rings. The highest BCUT2D eigenvalue weighted by Gasteiger charge is 2.03. The highest BCUT2D eigenvalue weighted by atomic mass is 35.5. The van der Waals surface area contributed by atoms with Gasteiger partial charge in [0.2, 0.25) is 0 Å². The van der Waals surface area contributed by atoms with Crippen molar-refractivity contribution in [3.63, 3.8) is 0 Å². The van der Waals surface area contributed by atoms with Crippen molar-refractivity contribution in [1.29, 1.82) is 0 Å². The molecule has 0 atom stereocenters. The smallest absolute Gasteiger partial charge is 0.158 e. The van der Waals surface area contributed by atoms with Crippen LogP contribution in [0.15, 0.2) is 18.5 Å². The maximum Gasteiger partial charge on any atom is 0.158 e. The number of aromatic amines is 1. The van der Waals surface area contributed by atoms with Crippen LogP contribution in [0.3, 0.4) is 0 Å². The fourth-order valence-electron chi connectivity index (χ4n) is 1.38. The second kappa shape index (κ2) is 6.32. The van der Waals surface area contributed by atoms with Gasteiger partial charge in [-0.1, -0.05) is 11.6 Å². The first kappa shape index (κ1) is 12.8. The molecule has 2 rings (SSSR count). The third-order valence-electron chi connectivity index (χ3n) is 2.20. The van der Waals surface area contributed by atoms with E-state index in [-0.39, 0.29) is 0 Å². The summed E-state index contributed by atoms with van der Waals surface area (Å²) in [4.78, 5) is 8.40. The zero-order valence-electron chi connectivity index (χ0n) is 9.98. The van der Waals surface area contributed by atoms with Crippen molar-refractivity contribution in [3.8, 4) is 0 Å². The zero-order valence-corrected chi connectivity index (χ0v) is 10.7. The molecule has 0 amide bonds. The lowest BCUT2D eigenvalue weighted by Crippen LogP contribution is -2.05. The summed E-state index contributed by atoms with van der Waals surface area (Å²) >= 11 is 5.92. The summed E-state index contributed by atoms with van der Waals surface area (Å²) in [6.07, 6.45) is 3.56. The third-order valence-corrected chi connectivity index (χ3v) is 2.40. The highest BCUT2D eigenvalue weighted by Crippen LogP contribution is 2.13. The van der Waals surface area contributed by atoms with Crippen LogP contribution in [0, 0.1) is 0 Å². The van der Waals surface area contributed by atoms with E-state index in [1.54, 1.807) is 12.3 Å². The maximum atomic E-state index is 5.92. The number of aromatic nitrogens is 4. The van der Waals surface area contributed by atoms with Gasteiger partial charge in [-0.3, -0.25) is 5.10 Å². The predicted molar refractivity (Wildman–Crippen MR) is 68.3 cm³/mol. The van der Waals surface area contributed by atoms with Crippen LogP contribution in [0.2, 0.25) is 5.15 Å². The van der Waals surface area contributed by atoms with Crippen molar-refractivity contribution >= 4 is 17.4 Å². The summed E-state index contributed by atoms with van der Waals surface area (Å²) in [6.45, 7) is 3.52. The van der Waals surface area contributed by atoms with Gasteiger partial charge < -0.3 is 10.1 Å². The Morgan fingerprint density at radius 1 is 1.44 bits per heavy atom. The number of anilines is 1. The van der Waals surface area contributed by atoms with Crippen molar-refractivity contribution < 1.29 is 4.74 Å². The molecule has 0 bridgehead atoms. The zero-order chi connectivity index (χ0) is 12.8. The van der Waals surface area contributed by atoms with E-state index in [0.29, 0.717) is 36.6 Å². The van der Waals surface area contributed by atoms with Gasteiger partial charge in [-0.15, -0.1) is 0 Å². The molecule has 0 aliphatic heterocycles. The Bertz CT molecular complexity index is 488. The molecule has 0 aromatic carbocycles. The molecule has 0 aliphatic carbocycles. The minimum atomic E-state index is 0.359. The Morgan fingerprint density at radius 3 is 3.06 bits per heavy atom. The summed E-state index contributed by atoms with van der Waals surface area (Å²) in [5, 5.41) is 10.2. The van der Waals surface area contributed by atoms with E-state index in [0.717, 1.165) is 5.56 Å². The number of ether oxygens (including phenoxy) is 1. The van der Waals surface area contributed by atoms with E-state index in [4.69, 9.17) is 16.3 Å². The first-order valence-corrected chi connectivity index (χ1v) is 5.98. The van der Waals surface area contributed by atoms with Crippen LogP contribution in [-0.4, -0.2) is 26.8 Å². The Hall–Kier alpha value is -1.66. The van der Waals surface area contributed by atoms with E-state index in [2.05, 4.69) is 25.5 Å². The largest absolute Gasteiger partial charge is 0.374 e. The lowest BCUT2D eigenvalue weighted by molar-refractivity contribution is 0.128. The molecule has 0 radical (unpaired) electrons. The van der Waals surface area contributed by atoms with Gasteiger partial charge in [0.05, 0.1) is 6.20 Å². The minimum Gasteiger partial charge on any atom is -0.374 e. The first-order chi connectivity index (χ1) is 8.78. The molecule has 0 saturated heterocycles. The van der Waals surface area contributed by atoms with Gasteiger partial charge in [-0.05, 0) is 6.92 Å². The van der Waals surface area contributed by atoms with Gasteiger partial charge in [0.25, 0.3) is 0 Å². The molecular formula is C11H14ClN5O. The standard InChI is InChI=1S/C11H14ClN5O/c1-2-18-7-11-16-9(12)3-10(17-11)13-4-8-5-14-15-6-8/h3,5-6H,2,4,7H2,1H3,(H,14,15)(H,13,16,17). The van der Waals surface area contributed by atoms with Crippen molar-refractivity contribution in [2.45, 2.75) is 20.1 Å². The lowest BCUT2D eigenvalue weighted by Gasteiger charge is -2.07. The number of hydrogen-bond acceptors (Lipinski definition) is 5. The van der Waals surface area contributed by atoms with Gasteiger partial charge in [0.15, 0.2) is 5.82 Å². The van der Waals surface area contributed by atoms with Crippen LogP contribution < -0.4 is 5.32 Å². The number of rotatable bonds is 6. The second-order valence-electron chi connectivity index (χ2n) is 3.59. The monoisotopic (exact) mass is 267 g/mol. The summed E-state index contributed by atoms with van der Waals surface area (Å²) in [7, 11) is 0. The van der Waals surface area contributed by atoms with E-state index >= 15 is 0 Å². The number of nitrogens with zero attached hydrogens (tertiary/aromatic N) is 3. The van der Waals surface area contributed by atoms with Crippen LogP contribution in [-0.2, 0) is 17.9 Å². The summed E-state index contributed by atoms with van der Waals surface area (Å²) in [5.41, 5.74) is 1.04. The van der Waals surface area contributed by atoms with Crippen molar-refractivity contribution in [3.05, 3.63) is 35.0 Å². The quantitative estimate of drug-likeness (QED) is 0.783. The van der Waals surface area contributed by atoms with Gasteiger partial charge in [-0.25, -0.2) is 9.97 Å². The van der Waals surface area contributed by atoms with Crippen LogP contribution in [0.25, 0.3) is 0 Å². The number of nitrogens with one attached hydrogen (secondary N) is 2. The molecule has 0 spiro atoms. The Kier molecular flexibility index (Phi) is 4.49. The average molecular weight is 268 g/mol. The molecule has 0 fully saturated rings. The molecule has 0 aliphatic rings. The topological polar surface area (TPSA) is 75.7 Å². The third kappa shape index (κ3) is 3.68. The van der Waals surface area contributed by atoms with Gasteiger partial charge in [0.1, 0.15) is 17.6 Å². The maximum absolute atomic E-state index is 5.92. The predicted octanol–water partition coefficient (Wildman–Crippen LogP) is 2.00. The fourth-order valence-corrected chi connectivity index (χ4v) is 1.58. The van der Waals surface area contributed by atoms with Crippen molar-refractivity contribution in [2.75, 3.05) is 11.9 Å². The first-order valence-electron chi connectivity index (χ1n) is 5.60. The van der Waals surface area contributed by atoms with Crippen molar-refractivity contribution in [2.24, 2.45) is 0 Å². The molecular weight excluding hydrogens is 254 g/mol. The molecule has 2 heterocycles. The summed E-state index contributed by atoms with van der Waals surface area (Å²) in [5.74, 6) is 1.24. The number of halogens is 1. The molecule has 18 heavy (non-hydrogen) atoms. The summed E-state index contributed by atoms with van der Waals surface area (Å²) in [6, 6.07) is 1.68. The number of hydrogen-bond donors (Lipinski definition) is 2. The van der Waals surface area contributed by atoms with Crippen LogP contribution in [0.4, 0.5) is 5.82 Å². The Balaban J connectivity index is 2.00. The molecule has 96 valence electrons. The Labute approximate surface area is 110 Å². The van der Waals surface area contributed by atoms with Gasteiger partial charge >= 0.3 is 0 Å².